The van der Waals surface area contributed by atoms with Crippen molar-refractivity contribution in [3.63, 3.8) is 0 Å². The molecule has 0 saturated heterocycles. The van der Waals surface area contributed by atoms with Crippen molar-refractivity contribution in [3.05, 3.63) is 58.4 Å². The summed E-state index contributed by atoms with van der Waals surface area (Å²) in [6, 6.07) is 6.75. The third kappa shape index (κ3) is 3.25. The Hall–Kier alpha value is -2.69. The average molecular weight is 284 g/mol. The predicted octanol–water partition coefficient (Wildman–Crippen LogP) is 2.96. The van der Waals surface area contributed by atoms with Crippen molar-refractivity contribution in [2.24, 2.45) is 0 Å². The van der Waals surface area contributed by atoms with Crippen LogP contribution in [-0.4, -0.2) is 22.0 Å². The second-order valence-corrected chi connectivity index (χ2v) is 4.97. The number of amides is 1. The van der Waals surface area contributed by atoms with Gasteiger partial charge in [0, 0.05) is 11.9 Å². The summed E-state index contributed by atoms with van der Waals surface area (Å²) in [7, 11) is 0. The van der Waals surface area contributed by atoms with E-state index in [2.05, 4.69) is 10.3 Å². The zero-order valence-electron chi connectivity index (χ0n) is 12.1. The Morgan fingerprint density at radius 3 is 2.19 bits per heavy atom. The standard InChI is InChI=1S/C16H16N2O3/c1-9-6-10(2)14(11(3)7-9)18-15(19)12-4-5-13(16(20)21)17-8-12/h4-8H,1-3H3,(H,18,19)(H,20,21). The molecule has 0 fully saturated rings. The Kier molecular flexibility index (Phi) is 4.03. The molecule has 1 aromatic heterocycles. The summed E-state index contributed by atoms with van der Waals surface area (Å²) in [5.41, 5.74) is 4.10. The highest BCUT2D eigenvalue weighted by Crippen LogP contribution is 2.22. The summed E-state index contributed by atoms with van der Waals surface area (Å²) in [6.07, 6.45) is 1.26. The fourth-order valence-electron chi connectivity index (χ4n) is 2.22. The number of aromatic nitrogens is 1. The molecule has 0 atom stereocenters. The highest BCUT2D eigenvalue weighted by atomic mass is 16.4. The van der Waals surface area contributed by atoms with Crippen LogP contribution < -0.4 is 5.32 Å². The van der Waals surface area contributed by atoms with E-state index in [9.17, 15) is 9.59 Å². The number of pyridine rings is 1. The van der Waals surface area contributed by atoms with Gasteiger partial charge in [-0.25, -0.2) is 9.78 Å². The van der Waals surface area contributed by atoms with Gasteiger partial charge in [0.25, 0.3) is 5.91 Å². The Morgan fingerprint density at radius 2 is 1.71 bits per heavy atom. The maximum atomic E-state index is 12.2. The highest BCUT2D eigenvalue weighted by molar-refractivity contribution is 6.05. The van der Waals surface area contributed by atoms with Gasteiger partial charge in [0.15, 0.2) is 0 Å². The molecule has 0 spiro atoms. The van der Waals surface area contributed by atoms with E-state index in [4.69, 9.17) is 5.11 Å². The third-order valence-electron chi connectivity index (χ3n) is 3.16. The molecule has 0 aliphatic heterocycles. The number of aromatic carboxylic acids is 1. The zero-order chi connectivity index (χ0) is 15.6. The molecule has 2 aromatic rings. The molecule has 2 rings (SSSR count). The van der Waals surface area contributed by atoms with Gasteiger partial charge in [0.1, 0.15) is 5.69 Å². The molecule has 108 valence electrons. The number of carboxylic acids is 1. The van der Waals surface area contributed by atoms with Gasteiger partial charge in [-0.1, -0.05) is 17.7 Å². The minimum Gasteiger partial charge on any atom is -0.477 e. The van der Waals surface area contributed by atoms with Gasteiger partial charge in [-0.3, -0.25) is 4.79 Å². The summed E-state index contributed by atoms with van der Waals surface area (Å²) in [5.74, 6) is -1.43. The van der Waals surface area contributed by atoms with E-state index in [1.54, 1.807) is 0 Å². The van der Waals surface area contributed by atoms with E-state index in [0.717, 1.165) is 22.4 Å². The molecular weight excluding hydrogens is 268 g/mol. The molecule has 0 aliphatic rings. The number of anilines is 1. The molecule has 0 saturated carbocycles. The second-order valence-electron chi connectivity index (χ2n) is 4.97. The lowest BCUT2D eigenvalue weighted by molar-refractivity contribution is 0.0690. The fraction of sp³-hybridized carbons (Fsp3) is 0.188. The van der Waals surface area contributed by atoms with Gasteiger partial charge in [-0.2, -0.15) is 0 Å². The number of nitrogens with one attached hydrogen (secondary N) is 1. The van der Waals surface area contributed by atoms with Crippen molar-refractivity contribution in [3.8, 4) is 0 Å². The van der Waals surface area contributed by atoms with Crippen LogP contribution in [0.25, 0.3) is 0 Å². The molecule has 1 heterocycles. The van der Waals surface area contributed by atoms with E-state index in [0.29, 0.717) is 5.56 Å². The van der Waals surface area contributed by atoms with Crippen LogP contribution in [0.3, 0.4) is 0 Å². The summed E-state index contributed by atoms with van der Waals surface area (Å²) >= 11 is 0. The SMILES string of the molecule is Cc1cc(C)c(NC(=O)c2ccc(C(=O)O)nc2)c(C)c1. The first-order chi connectivity index (χ1) is 9.88. The van der Waals surface area contributed by atoms with E-state index in [-0.39, 0.29) is 11.6 Å². The number of hydrogen-bond acceptors (Lipinski definition) is 3. The largest absolute Gasteiger partial charge is 0.477 e. The Labute approximate surface area is 122 Å². The molecule has 0 radical (unpaired) electrons. The minimum atomic E-state index is -1.12. The summed E-state index contributed by atoms with van der Waals surface area (Å²) in [4.78, 5) is 26.7. The number of aryl methyl sites for hydroxylation is 3. The minimum absolute atomic E-state index is 0.0887. The first-order valence-corrected chi connectivity index (χ1v) is 6.47. The first-order valence-electron chi connectivity index (χ1n) is 6.47. The van der Waals surface area contributed by atoms with Crippen molar-refractivity contribution in [1.82, 2.24) is 4.98 Å². The molecule has 21 heavy (non-hydrogen) atoms. The Balaban J connectivity index is 2.24. The summed E-state index contributed by atoms with van der Waals surface area (Å²) in [6.45, 7) is 5.86. The average Bonchev–Trinajstić information content (AvgIpc) is 2.42. The van der Waals surface area contributed by atoms with E-state index in [1.165, 1.54) is 18.3 Å². The fourth-order valence-corrected chi connectivity index (χ4v) is 2.22. The number of hydrogen-bond donors (Lipinski definition) is 2. The van der Waals surface area contributed by atoms with E-state index < -0.39 is 5.97 Å². The van der Waals surface area contributed by atoms with Gasteiger partial charge in [-0.05, 0) is 44.0 Å². The van der Waals surface area contributed by atoms with Crippen LogP contribution in [-0.2, 0) is 0 Å². The molecular formula is C16H16N2O3. The number of carbonyl (C=O) groups excluding carboxylic acids is 1. The van der Waals surface area contributed by atoms with Crippen LogP contribution in [0, 0.1) is 20.8 Å². The van der Waals surface area contributed by atoms with Crippen molar-refractivity contribution in [2.75, 3.05) is 5.32 Å². The maximum absolute atomic E-state index is 12.2. The lowest BCUT2D eigenvalue weighted by atomic mass is 10.0. The van der Waals surface area contributed by atoms with E-state index >= 15 is 0 Å². The quantitative estimate of drug-likeness (QED) is 0.908. The molecule has 0 bridgehead atoms. The number of rotatable bonds is 3. The molecule has 0 aliphatic carbocycles. The van der Waals surface area contributed by atoms with Crippen LogP contribution in [0.1, 0.15) is 37.5 Å². The third-order valence-corrected chi connectivity index (χ3v) is 3.16. The van der Waals surface area contributed by atoms with Gasteiger partial charge < -0.3 is 10.4 Å². The highest BCUT2D eigenvalue weighted by Gasteiger charge is 2.12. The number of carbonyl (C=O) groups is 2. The lowest BCUT2D eigenvalue weighted by Crippen LogP contribution is -2.15. The van der Waals surface area contributed by atoms with Crippen molar-refractivity contribution in [1.29, 1.82) is 0 Å². The molecule has 1 aromatic carbocycles. The molecule has 1 amide bonds. The first kappa shape index (κ1) is 14.7. The van der Waals surface area contributed by atoms with Crippen LogP contribution in [0.15, 0.2) is 30.5 Å². The maximum Gasteiger partial charge on any atom is 0.354 e. The van der Waals surface area contributed by atoms with Gasteiger partial charge >= 0.3 is 5.97 Å². The molecule has 5 nitrogen and oxygen atoms in total. The van der Waals surface area contributed by atoms with Crippen LogP contribution in [0.5, 0.6) is 0 Å². The van der Waals surface area contributed by atoms with Gasteiger partial charge in [0.2, 0.25) is 0 Å². The number of nitrogens with zero attached hydrogens (tertiary/aromatic N) is 1. The van der Waals surface area contributed by atoms with Gasteiger partial charge in [-0.15, -0.1) is 0 Å². The van der Waals surface area contributed by atoms with Crippen molar-refractivity contribution in [2.45, 2.75) is 20.8 Å². The number of benzene rings is 1. The monoisotopic (exact) mass is 284 g/mol. The molecule has 2 N–H and O–H groups in total. The molecule has 5 heteroatoms. The van der Waals surface area contributed by atoms with Crippen LogP contribution in [0.2, 0.25) is 0 Å². The number of carboxylic acid groups (broad SMARTS) is 1. The van der Waals surface area contributed by atoms with Gasteiger partial charge in [0.05, 0.1) is 5.56 Å². The smallest absolute Gasteiger partial charge is 0.354 e. The van der Waals surface area contributed by atoms with Crippen molar-refractivity contribution < 1.29 is 14.7 Å². The predicted molar refractivity (Wildman–Crippen MR) is 79.8 cm³/mol. The van der Waals surface area contributed by atoms with Crippen LogP contribution >= 0.6 is 0 Å². The lowest BCUT2D eigenvalue weighted by Gasteiger charge is -2.12. The van der Waals surface area contributed by atoms with Crippen molar-refractivity contribution >= 4 is 17.6 Å². The Morgan fingerprint density at radius 1 is 1.10 bits per heavy atom. The summed E-state index contributed by atoms with van der Waals surface area (Å²) in [5, 5.41) is 11.6. The molecule has 0 unspecified atom stereocenters. The second kappa shape index (κ2) is 5.75. The normalized spacial score (nSPS) is 10.2. The summed E-state index contributed by atoms with van der Waals surface area (Å²) < 4.78 is 0. The zero-order valence-corrected chi connectivity index (χ0v) is 12.1. The Bertz CT molecular complexity index is 683. The topological polar surface area (TPSA) is 79.3 Å². The van der Waals surface area contributed by atoms with E-state index in [1.807, 2.05) is 32.9 Å². The van der Waals surface area contributed by atoms with Crippen LogP contribution in [0.4, 0.5) is 5.69 Å².